The summed E-state index contributed by atoms with van der Waals surface area (Å²) in [6.07, 6.45) is 9.86. The number of unbranched alkanes of at least 4 members (excludes halogenated alkanes) is 6. The van der Waals surface area contributed by atoms with E-state index in [9.17, 15) is 4.79 Å². The van der Waals surface area contributed by atoms with Crippen molar-refractivity contribution < 1.29 is 9.53 Å². The SMILES string of the molecule is CCCCCCCCCOC(=O)Cn1cnc(N)n1. The van der Waals surface area contributed by atoms with Gasteiger partial charge in [0.05, 0.1) is 6.61 Å². The van der Waals surface area contributed by atoms with Crippen LogP contribution in [0.2, 0.25) is 0 Å². The lowest BCUT2D eigenvalue weighted by Crippen LogP contribution is -2.14. The summed E-state index contributed by atoms with van der Waals surface area (Å²) in [6, 6.07) is 0. The molecule has 0 aliphatic heterocycles. The predicted octanol–water partition coefficient (Wildman–Crippen LogP) is 2.15. The van der Waals surface area contributed by atoms with E-state index in [4.69, 9.17) is 10.5 Å². The Bertz CT molecular complexity index is 365. The molecule has 0 unspecified atom stereocenters. The van der Waals surface area contributed by atoms with Gasteiger partial charge < -0.3 is 10.5 Å². The molecule has 0 bridgehead atoms. The van der Waals surface area contributed by atoms with Crippen LogP contribution >= 0.6 is 0 Å². The fourth-order valence-corrected chi connectivity index (χ4v) is 1.81. The number of carbonyl (C=O) groups excluding carboxylic acids is 1. The van der Waals surface area contributed by atoms with Gasteiger partial charge in [-0.2, -0.15) is 0 Å². The third kappa shape index (κ3) is 7.43. The Morgan fingerprint density at radius 1 is 1.26 bits per heavy atom. The molecule has 0 atom stereocenters. The molecule has 0 aromatic carbocycles. The first-order valence-electron chi connectivity index (χ1n) is 7.03. The van der Waals surface area contributed by atoms with Crippen molar-refractivity contribution >= 4 is 11.9 Å². The summed E-state index contributed by atoms with van der Waals surface area (Å²) in [4.78, 5) is 15.2. The Kier molecular flexibility index (Phi) is 7.62. The molecule has 0 aliphatic carbocycles. The van der Waals surface area contributed by atoms with E-state index in [0.717, 1.165) is 12.8 Å². The van der Waals surface area contributed by atoms with Gasteiger partial charge in [-0.1, -0.05) is 45.4 Å². The molecule has 0 radical (unpaired) electrons. The van der Waals surface area contributed by atoms with Crippen molar-refractivity contribution in [2.45, 2.75) is 58.4 Å². The van der Waals surface area contributed by atoms with Gasteiger partial charge in [-0.15, -0.1) is 5.10 Å². The van der Waals surface area contributed by atoms with Gasteiger partial charge >= 0.3 is 5.97 Å². The molecule has 6 nitrogen and oxygen atoms in total. The first kappa shape index (κ1) is 15.5. The fourth-order valence-electron chi connectivity index (χ4n) is 1.81. The predicted molar refractivity (Wildman–Crippen MR) is 73.4 cm³/mol. The van der Waals surface area contributed by atoms with Crippen LogP contribution in [0.1, 0.15) is 51.9 Å². The fraction of sp³-hybridized carbons (Fsp3) is 0.769. The number of carbonyl (C=O) groups is 1. The molecule has 0 spiro atoms. The quantitative estimate of drug-likeness (QED) is 0.519. The highest BCUT2D eigenvalue weighted by molar-refractivity contribution is 5.68. The van der Waals surface area contributed by atoms with Gasteiger partial charge in [-0.3, -0.25) is 4.79 Å². The van der Waals surface area contributed by atoms with Gasteiger partial charge in [0.25, 0.3) is 0 Å². The standard InChI is InChI=1S/C13H24N4O2/c1-2-3-4-5-6-7-8-9-19-12(18)10-17-11-15-13(14)16-17/h11H,2-10H2,1H3,(H2,14,16). The van der Waals surface area contributed by atoms with Crippen molar-refractivity contribution in [3.63, 3.8) is 0 Å². The summed E-state index contributed by atoms with van der Waals surface area (Å²) in [5.74, 6) is -0.129. The smallest absolute Gasteiger partial charge is 0.327 e. The van der Waals surface area contributed by atoms with Crippen LogP contribution in [0, 0.1) is 0 Å². The first-order chi connectivity index (χ1) is 9.22. The molecular weight excluding hydrogens is 244 g/mol. The van der Waals surface area contributed by atoms with Crippen LogP contribution in [0.15, 0.2) is 6.33 Å². The highest BCUT2D eigenvalue weighted by Gasteiger charge is 2.05. The summed E-state index contributed by atoms with van der Waals surface area (Å²) >= 11 is 0. The van der Waals surface area contributed by atoms with E-state index in [-0.39, 0.29) is 18.5 Å². The van der Waals surface area contributed by atoms with Crippen LogP contribution in [0.3, 0.4) is 0 Å². The molecule has 1 aromatic heterocycles. The largest absolute Gasteiger partial charge is 0.464 e. The maximum absolute atomic E-state index is 11.4. The number of rotatable bonds is 10. The van der Waals surface area contributed by atoms with Gasteiger partial charge in [-0.25, -0.2) is 9.67 Å². The van der Waals surface area contributed by atoms with Crippen molar-refractivity contribution in [1.29, 1.82) is 0 Å². The third-order valence-electron chi connectivity index (χ3n) is 2.86. The van der Waals surface area contributed by atoms with Gasteiger partial charge in [0.15, 0.2) is 0 Å². The summed E-state index contributed by atoms with van der Waals surface area (Å²) < 4.78 is 6.49. The molecule has 1 heterocycles. The number of hydrogen-bond donors (Lipinski definition) is 1. The zero-order valence-electron chi connectivity index (χ0n) is 11.7. The number of nitrogen functional groups attached to an aromatic ring is 1. The van der Waals surface area contributed by atoms with Crippen LogP contribution < -0.4 is 5.73 Å². The monoisotopic (exact) mass is 268 g/mol. The summed E-state index contributed by atoms with van der Waals surface area (Å²) in [5, 5.41) is 3.82. The van der Waals surface area contributed by atoms with E-state index in [1.807, 2.05) is 0 Å². The topological polar surface area (TPSA) is 83.0 Å². The van der Waals surface area contributed by atoms with Crippen LogP contribution in [0.4, 0.5) is 5.95 Å². The van der Waals surface area contributed by atoms with Crippen LogP contribution in [0.5, 0.6) is 0 Å². The highest BCUT2D eigenvalue weighted by atomic mass is 16.5. The lowest BCUT2D eigenvalue weighted by molar-refractivity contribution is -0.144. The van der Waals surface area contributed by atoms with E-state index in [1.165, 1.54) is 43.1 Å². The van der Waals surface area contributed by atoms with E-state index in [1.54, 1.807) is 0 Å². The molecule has 19 heavy (non-hydrogen) atoms. The van der Waals surface area contributed by atoms with Crippen molar-refractivity contribution in [3.8, 4) is 0 Å². The van der Waals surface area contributed by atoms with Gasteiger partial charge in [0.1, 0.15) is 12.9 Å². The number of hydrogen-bond acceptors (Lipinski definition) is 5. The summed E-state index contributed by atoms with van der Waals surface area (Å²) in [7, 11) is 0. The zero-order valence-corrected chi connectivity index (χ0v) is 11.7. The second-order valence-electron chi connectivity index (χ2n) is 4.64. The minimum atomic E-state index is -0.295. The van der Waals surface area contributed by atoms with Crippen molar-refractivity contribution in [2.24, 2.45) is 0 Å². The number of aromatic nitrogens is 3. The summed E-state index contributed by atoms with van der Waals surface area (Å²) in [6.45, 7) is 2.76. The lowest BCUT2D eigenvalue weighted by Gasteiger charge is -2.04. The normalized spacial score (nSPS) is 10.6. The maximum Gasteiger partial charge on any atom is 0.327 e. The Morgan fingerprint density at radius 3 is 2.58 bits per heavy atom. The van der Waals surface area contributed by atoms with E-state index < -0.39 is 0 Å². The van der Waals surface area contributed by atoms with Crippen molar-refractivity contribution in [1.82, 2.24) is 14.8 Å². The molecule has 0 saturated carbocycles. The minimum absolute atomic E-state index is 0.0701. The number of anilines is 1. The van der Waals surface area contributed by atoms with Crippen molar-refractivity contribution in [3.05, 3.63) is 6.33 Å². The average molecular weight is 268 g/mol. The van der Waals surface area contributed by atoms with Gasteiger partial charge in [0, 0.05) is 0 Å². The number of nitrogens with zero attached hydrogens (tertiary/aromatic N) is 3. The van der Waals surface area contributed by atoms with E-state index in [2.05, 4.69) is 17.0 Å². The average Bonchev–Trinajstić information content (AvgIpc) is 2.78. The first-order valence-corrected chi connectivity index (χ1v) is 7.03. The van der Waals surface area contributed by atoms with Crippen LogP contribution in [-0.4, -0.2) is 27.3 Å². The van der Waals surface area contributed by atoms with E-state index in [0.29, 0.717) is 6.61 Å². The Balaban J connectivity index is 1.96. The molecule has 2 N–H and O–H groups in total. The molecule has 0 fully saturated rings. The van der Waals surface area contributed by atoms with Gasteiger partial charge in [-0.05, 0) is 6.42 Å². The summed E-state index contributed by atoms with van der Waals surface area (Å²) in [5.41, 5.74) is 5.35. The van der Waals surface area contributed by atoms with Crippen molar-refractivity contribution in [2.75, 3.05) is 12.3 Å². The highest BCUT2D eigenvalue weighted by Crippen LogP contribution is 2.06. The molecular formula is C13H24N4O2. The molecule has 6 heteroatoms. The molecule has 0 aliphatic rings. The molecule has 108 valence electrons. The Labute approximate surface area is 114 Å². The molecule has 0 saturated heterocycles. The van der Waals surface area contributed by atoms with Crippen LogP contribution in [0.25, 0.3) is 0 Å². The second kappa shape index (κ2) is 9.35. The zero-order chi connectivity index (χ0) is 13.9. The lowest BCUT2D eigenvalue weighted by atomic mass is 10.1. The van der Waals surface area contributed by atoms with Gasteiger partial charge in [0.2, 0.25) is 5.95 Å². The third-order valence-corrected chi connectivity index (χ3v) is 2.86. The Hall–Kier alpha value is -1.59. The number of esters is 1. The molecule has 1 rings (SSSR count). The Morgan fingerprint density at radius 2 is 1.95 bits per heavy atom. The number of nitrogens with two attached hydrogens (primary N) is 1. The maximum atomic E-state index is 11.4. The van der Waals surface area contributed by atoms with E-state index >= 15 is 0 Å². The minimum Gasteiger partial charge on any atom is -0.464 e. The molecule has 0 amide bonds. The van der Waals surface area contributed by atoms with Crippen LogP contribution in [-0.2, 0) is 16.1 Å². The second-order valence-corrected chi connectivity index (χ2v) is 4.64. The number of ether oxygens (including phenoxy) is 1. The molecule has 1 aromatic rings.